The van der Waals surface area contributed by atoms with E-state index in [1.165, 1.54) is 24.0 Å². The van der Waals surface area contributed by atoms with E-state index in [0.29, 0.717) is 11.8 Å². The van der Waals surface area contributed by atoms with Crippen molar-refractivity contribution in [3.8, 4) is 0 Å². The third kappa shape index (κ3) is 1.28. The zero-order chi connectivity index (χ0) is 12.4. The molecule has 3 rings (SSSR count). The summed E-state index contributed by atoms with van der Waals surface area (Å²) in [4.78, 5) is 0. The van der Waals surface area contributed by atoms with E-state index >= 15 is 0 Å². The first-order valence-electron chi connectivity index (χ1n) is 6.68. The van der Waals surface area contributed by atoms with Crippen LogP contribution in [0.4, 0.5) is 0 Å². The van der Waals surface area contributed by atoms with Crippen LogP contribution in [0, 0.1) is 11.8 Å². The molecule has 1 spiro atoms. The fraction of sp³-hybridized carbons (Fsp3) is 0.733. The Morgan fingerprint density at radius 3 is 2.76 bits per heavy atom. The lowest BCUT2D eigenvalue weighted by atomic mass is 9.79. The van der Waals surface area contributed by atoms with Crippen molar-refractivity contribution in [2.24, 2.45) is 11.8 Å². The van der Waals surface area contributed by atoms with Crippen LogP contribution in [0.1, 0.15) is 47.0 Å². The van der Waals surface area contributed by atoms with Gasteiger partial charge in [0.25, 0.3) is 0 Å². The Labute approximate surface area is 103 Å². The number of hydrogen-bond donors (Lipinski definition) is 1. The van der Waals surface area contributed by atoms with Crippen molar-refractivity contribution in [1.29, 1.82) is 0 Å². The predicted octanol–water partition coefficient (Wildman–Crippen LogP) is 3.18. The van der Waals surface area contributed by atoms with Crippen LogP contribution in [-0.2, 0) is 4.74 Å². The smallest absolute Gasteiger partial charge is 0.209 e. The Balaban J connectivity index is 2.18. The molecular formula is C15H22O2. The molecule has 2 bridgehead atoms. The van der Waals surface area contributed by atoms with Crippen molar-refractivity contribution in [3.05, 3.63) is 22.8 Å². The number of hydrogen-bond acceptors (Lipinski definition) is 2. The normalized spacial score (nSPS) is 48.1. The highest BCUT2D eigenvalue weighted by molar-refractivity contribution is 5.40. The van der Waals surface area contributed by atoms with Crippen molar-refractivity contribution >= 4 is 0 Å². The van der Waals surface area contributed by atoms with E-state index in [1.54, 1.807) is 0 Å². The summed E-state index contributed by atoms with van der Waals surface area (Å²) < 4.78 is 6.17. The fourth-order valence-electron chi connectivity index (χ4n) is 4.18. The average molecular weight is 234 g/mol. The molecule has 1 saturated carbocycles. The lowest BCUT2D eigenvalue weighted by molar-refractivity contribution is -0.209. The lowest BCUT2D eigenvalue weighted by Gasteiger charge is -2.40. The molecule has 17 heavy (non-hydrogen) atoms. The molecule has 2 heterocycles. The van der Waals surface area contributed by atoms with Gasteiger partial charge in [-0.05, 0) is 51.2 Å². The summed E-state index contributed by atoms with van der Waals surface area (Å²) in [7, 11) is 0. The van der Waals surface area contributed by atoms with Gasteiger partial charge in [0.1, 0.15) is 0 Å². The molecule has 0 aromatic heterocycles. The maximum Gasteiger partial charge on any atom is 0.209 e. The largest absolute Gasteiger partial charge is 0.359 e. The molecule has 0 radical (unpaired) electrons. The summed E-state index contributed by atoms with van der Waals surface area (Å²) in [6, 6.07) is 0. The molecule has 0 aromatic carbocycles. The first kappa shape index (κ1) is 11.5. The van der Waals surface area contributed by atoms with Gasteiger partial charge in [0.2, 0.25) is 5.79 Å². The van der Waals surface area contributed by atoms with Crippen molar-refractivity contribution < 1.29 is 9.84 Å². The quantitative estimate of drug-likeness (QED) is 0.652. The van der Waals surface area contributed by atoms with Gasteiger partial charge in [-0.3, -0.25) is 0 Å². The SMILES string of the molecule is CC1=C[C@@]2(O)O[C@@]3(CC2=C(C)C)[C@@H](C)CC[C@@H]13. The van der Waals surface area contributed by atoms with Gasteiger partial charge in [-0.25, -0.2) is 0 Å². The molecule has 1 saturated heterocycles. The highest BCUT2D eigenvalue weighted by atomic mass is 16.6. The second kappa shape index (κ2) is 3.24. The molecule has 1 N–H and O–H groups in total. The van der Waals surface area contributed by atoms with Gasteiger partial charge in [-0.2, -0.15) is 0 Å². The molecule has 3 aliphatic rings. The zero-order valence-electron chi connectivity index (χ0n) is 11.2. The minimum atomic E-state index is -1.11. The minimum Gasteiger partial charge on any atom is -0.359 e. The van der Waals surface area contributed by atoms with E-state index in [-0.39, 0.29) is 5.60 Å². The number of aliphatic hydroxyl groups is 1. The molecule has 2 heteroatoms. The van der Waals surface area contributed by atoms with Gasteiger partial charge >= 0.3 is 0 Å². The van der Waals surface area contributed by atoms with E-state index in [0.717, 1.165) is 12.0 Å². The van der Waals surface area contributed by atoms with Crippen molar-refractivity contribution in [1.82, 2.24) is 0 Å². The monoisotopic (exact) mass is 234 g/mol. The second-order valence-electron chi connectivity index (χ2n) is 6.33. The van der Waals surface area contributed by atoms with E-state index < -0.39 is 5.79 Å². The number of allylic oxidation sites excluding steroid dienone is 1. The zero-order valence-corrected chi connectivity index (χ0v) is 11.2. The lowest BCUT2D eigenvalue weighted by Crippen LogP contribution is -2.45. The fourth-order valence-corrected chi connectivity index (χ4v) is 4.18. The standard InChI is InChI=1S/C15H22O2/c1-9(2)13-8-14-11(4)5-6-12(14)10(3)7-15(13,16)17-14/h7,11-12,16H,5-6,8H2,1-4H3/t11-,12-,14-,15+/m0/s1. The summed E-state index contributed by atoms with van der Waals surface area (Å²) >= 11 is 0. The molecule has 0 amide bonds. The van der Waals surface area contributed by atoms with Gasteiger partial charge in [0, 0.05) is 12.3 Å². The Kier molecular flexibility index (Phi) is 2.19. The van der Waals surface area contributed by atoms with Crippen molar-refractivity contribution in [2.45, 2.75) is 58.3 Å². The molecule has 2 fully saturated rings. The molecule has 0 aromatic rings. The van der Waals surface area contributed by atoms with Crippen LogP contribution in [0.25, 0.3) is 0 Å². The van der Waals surface area contributed by atoms with Crippen LogP contribution >= 0.6 is 0 Å². The van der Waals surface area contributed by atoms with Gasteiger partial charge in [0.05, 0.1) is 5.60 Å². The van der Waals surface area contributed by atoms with Crippen LogP contribution in [0.15, 0.2) is 22.8 Å². The Morgan fingerprint density at radius 2 is 2.12 bits per heavy atom. The van der Waals surface area contributed by atoms with Crippen LogP contribution in [-0.4, -0.2) is 16.5 Å². The van der Waals surface area contributed by atoms with E-state index in [1.807, 2.05) is 6.08 Å². The highest BCUT2D eigenvalue weighted by Crippen LogP contribution is 2.60. The minimum absolute atomic E-state index is 0.125. The van der Waals surface area contributed by atoms with Gasteiger partial charge < -0.3 is 9.84 Å². The summed E-state index contributed by atoms with van der Waals surface area (Å²) in [5.74, 6) is -0.0629. The van der Waals surface area contributed by atoms with Crippen LogP contribution in [0.2, 0.25) is 0 Å². The molecule has 2 aliphatic heterocycles. The molecule has 2 nitrogen and oxygen atoms in total. The number of ether oxygens (including phenoxy) is 1. The van der Waals surface area contributed by atoms with E-state index in [2.05, 4.69) is 27.7 Å². The van der Waals surface area contributed by atoms with Gasteiger partial charge in [-0.1, -0.05) is 18.1 Å². The molecular weight excluding hydrogens is 212 g/mol. The third-order valence-corrected chi connectivity index (χ3v) is 5.12. The van der Waals surface area contributed by atoms with Gasteiger partial charge in [0.15, 0.2) is 0 Å². The Bertz CT molecular complexity index is 430. The molecule has 1 aliphatic carbocycles. The first-order valence-corrected chi connectivity index (χ1v) is 6.68. The molecule has 0 unspecified atom stereocenters. The Morgan fingerprint density at radius 1 is 1.41 bits per heavy atom. The second-order valence-corrected chi connectivity index (χ2v) is 6.33. The Hall–Kier alpha value is -0.600. The maximum atomic E-state index is 10.7. The summed E-state index contributed by atoms with van der Waals surface area (Å²) in [6.07, 6.45) is 5.27. The summed E-state index contributed by atoms with van der Waals surface area (Å²) in [5.41, 5.74) is 3.49. The topological polar surface area (TPSA) is 29.5 Å². The van der Waals surface area contributed by atoms with Crippen LogP contribution < -0.4 is 0 Å². The highest BCUT2D eigenvalue weighted by Gasteiger charge is 2.62. The first-order chi connectivity index (χ1) is 7.89. The molecule has 94 valence electrons. The predicted molar refractivity (Wildman–Crippen MR) is 67.4 cm³/mol. The average Bonchev–Trinajstić information content (AvgIpc) is 2.65. The summed E-state index contributed by atoms with van der Waals surface area (Å²) in [6.45, 7) is 8.57. The molecule has 4 atom stereocenters. The van der Waals surface area contributed by atoms with Crippen LogP contribution in [0.3, 0.4) is 0 Å². The number of rotatable bonds is 0. The number of fused-ring (bicyclic) bond motifs is 1. The van der Waals surface area contributed by atoms with E-state index in [4.69, 9.17) is 4.74 Å². The summed E-state index contributed by atoms with van der Waals surface area (Å²) in [5, 5.41) is 10.7. The third-order valence-electron chi connectivity index (χ3n) is 5.12. The van der Waals surface area contributed by atoms with Crippen molar-refractivity contribution in [3.63, 3.8) is 0 Å². The van der Waals surface area contributed by atoms with Crippen molar-refractivity contribution in [2.75, 3.05) is 0 Å². The van der Waals surface area contributed by atoms with Gasteiger partial charge in [-0.15, -0.1) is 0 Å². The maximum absolute atomic E-state index is 10.7. The van der Waals surface area contributed by atoms with E-state index in [9.17, 15) is 5.11 Å². The van der Waals surface area contributed by atoms with Crippen LogP contribution in [0.5, 0.6) is 0 Å².